The van der Waals surface area contributed by atoms with E-state index in [-0.39, 0.29) is 17.4 Å². The zero-order valence-corrected chi connectivity index (χ0v) is 16.2. The first-order valence-corrected chi connectivity index (χ1v) is 9.92. The fraction of sp³-hybridized carbons (Fsp3) is 0.444. The smallest absolute Gasteiger partial charge is 0.295 e. The van der Waals surface area contributed by atoms with Gasteiger partial charge in [0.2, 0.25) is 11.2 Å². The van der Waals surface area contributed by atoms with Gasteiger partial charge in [0.25, 0.3) is 6.20 Å². The molecule has 1 aromatic heterocycles. The predicted octanol–water partition coefficient (Wildman–Crippen LogP) is 1.02. The standard InChI is InChI=1S/C18H23N5O3S/c1-15(24)27-12-7-17(25)19-18-14-23(20-26-18)22-10-8-21(9-11-22)13-16-5-3-2-4-6-16/h2-6,14H,7-13H2,1H3/p+1. The van der Waals surface area contributed by atoms with E-state index in [1.54, 1.807) is 11.0 Å². The minimum absolute atomic E-state index is 0.00622. The van der Waals surface area contributed by atoms with Gasteiger partial charge >= 0.3 is 5.88 Å². The fourth-order valence-electron chi connectivity index (χ4n) is 2.86. The molecular formula is C18H24N5O3S+. The zero-order chi connectivity index (χ0) is 19.1. The van der Waals surface area contributed by atoms with Crippen LogP contribution in [-0.2, 0) is 16.1 Å². The van der Waals surface area contributed by atoms with E-state index in [0.29, 0.717) is 11.6 Å². The Morgan fingerprint density at radius 2 is 1.96 bits per heavy atom. The molecule has 1 fully saturated rings. The Hall–Kier alpha value is -2.39. The number of piperazine rings is 1. The molecule has 1 amide bonds. The van der Waals surface area contributed by atoms with E-state index in [9.17, 15) is 9.59 Å². The quantitative estimate of drug-likeness (QED) is 0.707. The highest BCUT2D eigenvalue weighted by Crippen LogP contribution is 2.08. The maximum Gasteiger partial charge on any atom is 0.305 e. The lowest BCUT2D eigenvalue weighted by Gasteiger charge is -2.29. The number of thioether (sulfide) groups is 1. The highest BCUT2D eigenvalue weighted by atomic mass is 32.2. The van der Waals surface area contributed by atoms with Gasteiger partial charge in [-0.1, -0.05) is 42.1 Å². The molecule has 1 saturated heterocycles. The first-order chi connectivity index (χ1) is 13.1. The van der Waals surface area contributed by atoms with E-state index < -0.39 is 0 Å². The third-order valence-electron chi connectivity index (χ3n) is 4.24. The minimum atomic E-state index is -0.195. The van der Waals surface area contributed by atoms with Crippen LogP contribution in [0.3, 0.4) is 0 Å². The summed E-state index contributed by atoms with van der Waals surface area (Å²) < 4.78 is 5.19. The highest BCUT2D eigenvalue weighted by molar-refractivity contribution is 8.13. The Morgan fingerprint density at radius 3 is 2.67 bits per heavy atom. The van der Waals surface area contributed by atoms with Gasteiger partial charge in [-0.25, -0.2) is 0 Å². The number of carbonyl (C=O) groups is 2. The summed E-state index contributed by atoms with van der Waals surface area (Å²) in [4.78, 5) is 26.8. The van der Waals surface area contributed by atoms with Crippen LogP contribution in [0.2, 0.25) is 0 Å². The monoisotopic (exact) mass is 390 g/mol. The summed E-state index contributed by atoms with van der Waals surface area (Å²) in [6, 6.07) is 10.4. The van der Waals surface area contributed by atoms with E-state index in [1.807, 2.05) is 6.07 Å². The molecule has 0 atom stereocenters. The van der Waals surface area contributed by atoms with E-state index in [1.165, 1.54) is 12.5 Å². The first-order valence-electron chi connectivity index (χ1n) is 8.93. The number of benzene rings is 1. The highest BCUT2D eigenvalue weighted by Gasteiger charge is 2.26. The second-order valence-corrected chi connectivity index (χ2v) is 7.61. The van der Waals surface area contributed by atoms with Gasteiger partial charge in [-0.2, -0.15) is 5.01 Å². The largest absolute Gasteiger partial charge is 0.305 e. The van der Waals surface area contributed by atoms with Gasteiger partial charge in [-0.15, -0.1) is 0 Å². The fourth-order valence-corrected chi connectivity index (χ4v) is 3.43. The Kier molecular flexibility index (Phi) is 6.83. The van der Waals surface area contributed by atoms with Crippen molar-refractivity contribution in [3.8, 4) is 0 Å². The van der Waals surface area contributed by atoms with Gasteiger partial charge in [-0.3, -0.25) is 24.3 Å². The van der Waals surface area contributed by atoms with Crippen molar-refractivity contribution in [3.05, 3.63) is 42.1 Å². The van der Waals surface area contributed by atoms with Gasteiger partial charge in [0.1, 0.15) is 0 Å². The normalized spacial score (nSPS) is 14.9. The molecule has 8 nitrogen and oxygen atoms in total. The molecule has 1 N–H and O–H groups in total. The number of amides is 1. The van der Waals surface area contributed by atoms with Crippen LogP contribution in [0.4, 0.5) is 5.88 Å². The van der Waals surface area contributed by atoms with Crippen molar-refractivity contribution in [3.63, 3.8) is 0 Å². The Morgan fingerprint density at radius 1 is 1.22 bits per heavy atom. The molecule has 0 bridgehead atoms. The number of carbonyl (C=O) groups excluding carboxylic acids is 2. The van der Waals surface area contributed by atoms with Crippen molar-refractivity contribution < 1.29 is 18.9 Å². The number of nitrogens with one attached hydrogen (secondary N) is 1. The van der Waals surface area contributed by atoms with Crippen molar-refractivity contribution >= 4 is 28.7 Å². The number of nitrogens with zero attached hydrogens (tertiary/aromatic N) is 4. The van der Waals surface area contributed by atoms with E-state index >= 15 is 0 Å². The number of aromatic nitrogens is 2. The van der Waals surface area contributed by atoms with Crippen LogP contribution in [0.25, 0.3) is 0 Å². The molecule has 3 rings (SSSR count). The van der Waals surface area contributed by atoms with Crippen LogP contribution in [0, 0.1) is 0 Å². The zero-order valence-electron chi connectivity index (χ0n) is 15.3. The van der Waals surface area contributed by atoms with E-state index in [4.69, 9.17) is 4.52 Å². The Labute approximate surface area is 162 Å². The average Bonchev–Trinajstić information content (AvgIpc) is 3.11. The summed E-state index contributed by atoms with van der Waals surface area (Å²) in [7, 11) is 0. The second kappa shape index (κ2) is 9.52. The maximum atomic E-state index is 11.8. The summed E-state index contributed by atoms with van der Waals surface area (Å²) in [5.41, 5.74) is 1.31. The molecule has 1 aliphatic heterocycles. The van der Waals surface area contributed by atoms with Gasteiger partial charge in [0.05, 0.1) is 17.9 Å². The molecule has 0 radical (unpaired) electrons. The van der Waals surface area contributed by atoms with Crippen molar-refractivity contribution in [2.75, 3.05) is 42.3 Å². The number of rotatable bonds is 7. The average molecular weight is 390 g/mol. The number of hydrogen-bond donors (Lipinski definition) is 1. The molecule has 1 aliphatic rings. The number of anilines is 1. The van der Waals surface area contributed by atoms with Crippen LogP contribution in [0.5, 0.6) is 0 Å². The molecule has 0 saturated carbocycles. The van der Waals surface area contributed by atoms with Crippen molar-refractivity contribution in [2.45, 2.75) is 19.9 Å². The lowest BCUT2D eigenvalue weighted by Crippen LogP contribution is -2.65. The van der Waals surface area contributed by atoms with Crippen LogP contribution in [-0.4, -0.2) is 53.1 Å². The van der Waals surface area contributed by atoms with Gasteiger partial charge in [0, 0.05) is 38.7 Å². The second-order valence-electron chi connectivity index (χ2n) is 6.34. The summed E-state index contributed by atoms with van der Waals surface area (Å²) in [5, 5.41) is 8.73. The molecule has 0 spiro atoms. The van der Waals surface area contributed by atoms with Crippen molar-refractivity contribution in [1.82, 2.24) is 10.2 Å². The van der Waals surface area contributed by atoms with Crippen LogP contribution < -0.4 is 15.1 Å². The number of hydrogen-bond acceptors (Lipinski definition) is 7. The first kappa shape index (κ1) is 19.4. The molecule has 2 heterocycles. The Bertz CT molecular complexity index is 759. The van der Waals surface area contributed by atoms with E-state index in [0.717, 1.165) is 44.5 Å². The molecule has 2 aromatic rings. The molecular weight excluding hydrogens is 366 g/mol. The van der Waals surface area contributed by atoms with Crippen LogP contribution >= 0.6 is 11.8 Å². The van der Waals surface area contributed by atoms with Gasteiger partial charge in [-0.05, 0) is 5.56 Å². The predicted molar refractivity (Wildman–Crippen MR) is 103 cm³/mol. The van der Waals surface area contributed by atoms with Crippen molar-refractivity contribution in [1.29, 1.82) is 0 Å². The third kappa shape index (κ3) is 6.07. The topological polar surface area (TPSA) is 82.6 Å². The summed E-state index contributed by atoms with van der Waals surface area (Å²) >= 11 is 1.13. The van der Waals surface area contributed by atoms with Gasteiger partial charge < -0.3 is 0 Å². The van der Waals surface area contributed by atoms with E-state index in [2.05, 4.69) is 44.8 Å². The molecule has 27 heavy (non-hydrogen) atoms. The molecule has 1 aromatic carbocycles. The molecule has 9 heteroatoms. The lowest BCUT2D eigenvalue weighted by molar-refractivity contribution is -0.759. The maximum absolute atomic E-state index is 11.8. The molecule has 0 unspecified atom stereocenters. The Balaban J connectivity index is 1.44. The minimum Gasteiger partial charge on any atom is -0.295 e. The summed E-state index contributed by atoms with van der Waals surface area (Å²) in [6.07, 6.45) is 1.92. The molecule has 144 valence electrons. The third-order valence-corrected chi connectivity index (χ3v) is 5.05. The lowest BCUT2D eigenvalue weighted by atomic mass is 10.2. The van der Waals surface area contributed by atoms with Crippen molar-refractivity contribution in [2.24, 2.45) is 0 Å². The van der Waals surface area contributed by atoms with Gasteiger partial charge in [0.15, 0.2) is 5.12 Å². The SMILES string of the molecule is CC(=O)SCCC(=O)Nc1c[n+](N2CCN(Cc3ccccc3)CC2)no1. The summed E-state index contributed by atoms with van der Waals surface area (Å²) in [6.45, 7) is 5.94. The van der Waals surface area contributed by atoms with Crippen LogP contribution in [0.15, 0.2) is 41.1 Å². The van der Waals surface area contributed by atoms with Crippen LogP contribution in [0.1, 0.15) is 18.9 Å². The molecule has 0 aliphatic carbocycles. The summed E-state index contributed by atoms with van der Waals surface area (Å²) in [5.74, 6) is 0.567.